The zero-order chi connectivity index (χ0) is 17.3. The second-order valence-corrected chi connectivity index (χ2v) is 6.38. The molecular formula is C18H15BrFN3O. The van der Waals surface area contributed by atoms with Crippen LogP contribution >= 0.6 is 15.9 Å². The maximum absolute atomic E-state index is 13.4. The van der Waals surface area contributed by atoms with E-state index in [9.17, 15) is 9.18 Å². The van der Waals surface area contributed by atoms with Crippen LogP contribution in [-0.4, -0.2) is 15.7 Å². The van der Waals surface area contributed by atoms with E-state index in [1.165, 1.54) is 6.07 Å². The average Bonchev–Trinajstić information content (AvgIpc) is 2.94. The van der Waals surface area contributed by atoms with Crippen LogP contribution in [0.1, 0.15) is 16.1 Å². The van der Waals surface area contributed by atoms with Gasteiger partial charge in [-0.05, 0) is 61.0 Å². The topological polar surface area (TPSA) is 46.9 Å². The van der Waals surface area contributed by atoms with Gasteiger partial charge in [-0.25, -0.2) is 4.39 Å². The van der Waals surface area contributed by atoms with Crippen LogP contribution in [0.4, 0.5) is 10.1 Å². The number of amides is 1. The number of nitrogens with zero attached hydrogens (tertiary/aromatic N) is 2. The highest BCUT2D eigenvalue weighted by atomic mass is 79.9. The van der Waals surface area contributed by atoms with Crippen molar-refractivity contribution >= 4 is 27.5 Å². The number of benzene rings is 2. The maximum Gasteiger partial charge on any atom is 0.276 e. The van der Waals surface area contributed by atoms with Gasteiger partial charge in [-0.1, -0.05) is 15.9 Å². The number of aryl methyl sites for hydroxylation is 2. The van der Waals surface area contributed by atoms with Crippen molar-refractivity contribution in [3.63, 3.8) is 0 Å². The predicted octanol–water partition coefficient (Wildman–Crippen LogP) is 4.55. The Bertz CT molecular complexity index is 903. The molecule has 0 atom stereocenters. The van der Waals surface area contributed by atoms with E-state index in [0.717, 1.165) is 15.7 Å². The molecule has 0 aliphatic rings. The van der Waals surface area contributed by atoms with E-state index in [0.29, 0.717) is 16.9 Å². The minimum absolute atomic E-state index is 0.255. The van der Waals surface area contributed by atoms with Gasteiger partial charge in [0, 0.05) is 22.8 Å². The minimum Gasteiger partial charge on any atom is -0.321 e. The molecule has 1 N–H and O–H groups in total. The molecule has 1 aromatic heterocycles. The van der Waals surface area contributed by atoms with Crippen LogP contribution < -0.4 is 5.32 Å². The molecule has 0 saturated carbocycles. The van der Waals surface area contributed by atoms with Gasteiger partial charge in [-0.3, -0.25) is 9.48 Å². The summed E-state index contributed by atoms with van der Waals surface area (Å²) in [6.07, 6.45) is 0. The number of carbonyl (C=O) groups is 1. The van der Waals surface area contributed by atoms with E-state index in [1.54, 1.807) is 49.0 Å². The van der Waals surface area contributed by atoms with Crippen LogP contribution in [0, 0.1) is 12.7 Å². The second-order valence-electron chi connectivity index (χ2n) is 5.46. The molecular weight excluding hydrogens is 373 g/mol. The molecule has 0 unspecified atom stereocenters. The molecule has 3 rings (SSSR count). The third kappa shape index (κ3) is 3.38. The van der Waals surface area contributed by atoms with Crippen molar-refractivity contribution in [2.45, 2.75) is 6.92 Å². The van der Waals surface area contributed by atoms with E-state index >= 15 is 0 Å². The molecule has 3 aromatic rings. The SMILES string of the molecule is Cc1cc(-c2cc(C(=O)Nc3ccc(Br)cc3)nn2C)ccc1F. The average molecular weight is 388 g/mol. The maximum atomic E-state index is 13.4. The van der Waals surface area contributed by atoms with Gasteiger partial charge in [-0.15, -0.1) is 0 Å². The van der Waals surface area contributed by atoms with Crippen molar-refractivity contribution in [3.8, 4) is 11.3 Å². The second kappa shape index (κ2) is 6.57. The first kappa shape index (κ1) is 16.4. The lowest BCUT2D eigenvalue weighted by atomic mass is 10.1. The van der Waals surface area contributed by atoms with Crippen LogP contribution in [0.5, 0.6) is 0 Å². The Morgan fingerprint density at radius 2 is 1.88 bits per heavy atom. The Hall–Kier alpha value is -2.47. The standard InChI is InChI=1S/C18H15BrFN3O/c1-11-9-12(3-8-15(11)20)17-10-16(22-23(17)2)18(24)21-14-6-4-13(19)5-7-14/h3-10H,1-2H3,(H,21,24). The number of halogens is 2. The fraction of sp³-hybridized carbons (Fsp3) is 0.111. The quantitative estimate of drug-likeness (QED) is 0.716. The molecule has 0 fully saturated rings. The lowest BCUT2D eigenvalue weighted by Crippen LogP contribution is -2.12. The molecule has 0 radical (unpaired) electrons. The van der Waals surface area contributed by atoms with Crippen LogP contribution in [-0.2, 0) is 7.05 Å². The van der Waals surface area contributed by atoms with Gasteiger partial charge in [0.1, 0.15) is 5.82 Å². The van der Waals surface area contributed by atoms with Crippen molar-refractivity contribution in [1.82, 2.24) is 9.78 Å². The predicted molar refractivity (Wildman–Crippen MR) is 95.4 cm³/mol. The number of rotatable bonds is 3. The molecule has 1 amide bonds. The number of carbonyl (C=O) groups excluding carboxylic acids is 1. The van der Waals surface area contributed by atoms with Crippen molar-refractivity contribution in [3.05, 3.63) is 70.1 Å². The highest BCUT2D eigenvalue weighted by Gasteiger charge is 2.15. The van der Waals surface area contributed by atoms with Crippen LogP contribution in [0.3, 0.4) is 0 Å². The van der Waals surface area contributed by atoms with E-state index in [1.807, 2.05) is 12.1 Å². The first-order valence-electron chi connectivity index (χ1n) is 7.31. The third-order valence-electron chi connectivity index (χ3n) is 3.67. The van der Waals surface area contributed by atoms with Gasteiger partial charge in [0.15, 0.2) is 5.69 Å². The molecule has 24 heavy (non-hydrogen) atoms. The molecule has 0 aliphatic heterocycles. The van der Waals surface area contributed by atoms with E-state index in [4.69, 9.17) is 0 Å². The smallest absolute Gasteiger partial charge is 0.276 e. The van der Waals surface area contributed by atoms with Gasteiger partial charge in [0.2, 0.25) is 0 Å². The monoisotopic (exact) mass is 387 g/mol. The van der Waals surface area contributed by atoms with Crippen LogP contribution in [0.25, 0.3) is 11.3 Å². The Kier molecular flexibility index (Phi) is 4.49. The Balaban J connectivity index is 1.86. The molecule has 1 heterocycles. The zero-order valence-corrected chi connectivity index (χ0v) is 14.8. The van der Waals surface area contributed by atoms with Gasteiger partial charge >= 0.3 is 0 Å². The van der Waals surface area contributed by atoms with Crippen LogP contribution in [0.15, 0.2) is 53.0 Å². The van der Waals surface area contributed by atoms with Gasteiger partial charge in [-0.2, -0.15) is 5.10 Å². The number of anilines is 1. The summed E-state index contributed by atoms with van der Waals surface area (Å²) in [6, 6.07) is 13.8. The molecule has 0 bridgehead atoms. The lowest BCUT2D eigenvalue weighted by molar-refractivity contribution is 0.102. The summed E-state index contributed by atoms with van der Waals surface area (Å²) in [5.74, 6) is -0.549. The molecule has 122 valence electrons. The zero-order valence-electron chi connectivity index (χ0n) is 13.2. The molecule has 2 aromatic carbocycles. The van der Waals surface area contributed by atoms with Crippen molar-refractivity contribution < 1.29 is 9.18 Å². The highest BCUT2D eigenvalue weighted by Crippen LogP contribution is 2.23. The Labute approximate surface area is 147 Å². The summed E-state index contributed by atoms with van der Waals surface area (Å²) >= 11 is 3.35. The molecule has 0 spiro atoms. The summed E-state index contributed by atoms with van der Waals surface area (Å²) in [4.78, 5) is 12.4. The Morgan fingerprint density at radius 3 is 2.54 bits per heavy atom. The number of nitrogens with one attached hydrogen (secondary N) is 1. The summed E-state index contributed by atoms with van der Waals surface area (Å²) in [7, 11) is 1.75. The fourth-order valence-corrected chi connectivity index (χ4v) is 2.65. The van der Waals surface area contributed by atoms with Crippen LogP contribution in [0.2, 0.25) is 0 Å². The molecule has 0 aliphatic carbocycles. The van der Waals surface area contributed by atoms with E-state index < -0.39 is 0 Å². The summed E-state index contributed by atoms with van der Waals surface area (Å²) in [6.45, 7) is 1.70. The first-order chi connectivity index (χ1) is 11.4. The molecule has 6 heteroatoms. The normalized spacial score (nSPS) is 10.7. The molecule has 0 saturated heterocycles. The molecule has 4 nitrogen and oxygen atoms in total. The summed E-state index contributed by atoms with van der Waals surface area (Å²) in [5.41, 5.74) is 3.10. The van der Waals surface area contributed by atoms with Gasteiger partial charge in [0.05, 0.1) is 5.69 Å². The van der Waals surface area contributed by atoms with Gasteiger partial charge in [0.25, 0.3) is 5.91 Å². The highest BCUT2D eigenvalue weighted by molar-refractivity contribution is 9.10. The van der Waals surface area contributed by atoms with E-state index in [-0.39, 0.29) is 11.7 Å². The number of hydrogen-bond acceptors (Lipinski definition) is 2. The van der Waals surface area contributed by atoms with Crippen molar-refractivity contribution in [1.29, 1.82) is 0 Å². The summed E-state index contributed by atoms with van der Waals surface area (Å²) < 4.78 is 16.0. The lowest BCUT2D eigenvalue weighted by Gasteiger charge is -2.03. The van der Waals surface area contributed by atoms with Gasteiger partial charge < -0.3 is 5.32 Å². The fourth-order valence-electron chi connectivity index (χ4n) is 2.38. The number of hydrogen-bond donors (Lipinski definition) is 1. The summed E-state index contributed by atoms with van der Waals surface area (Å²) in [5, 5.41) is 7.06. The Morgan fingerprint density at radius 1 is 1.17 bits per heavy atom. The van der Waals surface area contributed by atoms with Crippen molar-refractivity contribution in [2.75, 3.05) is 5.32 Å². The first-order valence-corrected chi connectivity index (χ1v) is 8.11. The van der Waals surface area contributed by atoms with E-state index in [2.05, 4.69) is 26.3 Å². The van der Waals surface area contributed by atoms with Crippen molar-refractivity contribution in [2.24, 2.45) is 7.05 Å². The largest absolute Gasteiger partial charge is 0.321 e. The minimum atomic E-state index is -0.294. The third-order valence-corrected chi connectivity index (χ3v) is 4.20. The number of aromatic nitrogens is 2.